The molecule has 6 nitrogen and oxygen atoms in total. The van der Waals surface area contributed by atoms with Crippen LogP contribution in [0.5, 0.6) is 0 Å². The van der Waals surface area contributed by atoms with Gasteiger partial charge in [0, 0.05) is 18.0 Å². The number of likely N-dealkylation sites (tertiary alicyclic amines) is 1. The normalized spacial score (nSPS) is 25.7. The molecular weight excluding hydrogens is 330 g/mol. The third kappa shape index (κ3) is 3.08. The van der Waals surface area contributed by atoms with E-state index >= 15 is 0 Å². The lowest BCUT2D eigenvalue weighted by atomic mass is 9.72. The van der Waals surface area contributed by atoms with Gasteiger partial charge in [0.1, 0.15) is 0 Å². The number of carbonyl (C=O) groups excluding carboxylic acids is 2. The first-order valence-electron chi connectivity index (χ1n) is 9.55. The van der Waals surface area contributed by atoms with Gasteiger partial charge >= 0.3 is 5.97 Å². The van der Waals surface area contributed by atoms with E-state index in [4.69, 9.17) is 4.74 Å². The van der Waals surface area contributed by atoms with Crippen molar-refractivity contribution in [1.29, 1.82) is 0 Å². The van der Waals surface area contributed by atoms with Crippen LogP contribution in [0.2, 0.25) is 0 Å². The lowest BCUT2D eigenvalue weighted by Gasteiger charge is -2.47. The number of hydrogen-bond acceptors (Lipinski definition) is 4. The molecule has 1 N–H and O–H groups in total. The number of ether oxygens (including phenoxy) is 1. The van der Waals surface area contributed by atoms with Crippen molar-refractivity contribution in [2.75, 3.05) is 13.2 Å². The quantitative estimate of drug-likeness (QED) is 0.858. The van der Waals surface area contributed by atoms with Gasteiger partial charge in [-0.1, -0.05) is 38.0 Å². The van der Waals surface area contributed by atoms with Gasteiger partial charge in [0.15, 0.2) is 12.3 Å². The summed E-state index contributed by atoms with van der Waals surface area (Å²) in [6, 6.07) is 7.69. The first-order valence-corrected chi connectivity index (χ1v) is 9.55. The molecular formula is C20H25N3O3. The zero-order valence-corrected chi connectivity index (χ0v) is 15.1. The van der Waals surface area contributed by atoms with E-state index < -0.39 is 5.97 Å². The predicted molar refractivity (Wildman–Crippen MR) is 97.6 cm³/mol. The molecule has 2 heterocycles. The molecule has 4 rings (SSSR count). The Balaban J connectivity index is 1.41. The molecule has 138 valence electrons. The molecule has 1 amide bonds. The Morgan fingerprint density at radius 1 is 1.23 bits per heavy atom. The number of rotatable bonds is 3. The highest BCUT2D eigenvalue weighted by Gasteiger charge is 2.39. The van der Waals surface area contributed by atoms with Gasteiger partial charge in [0.25, 0.3) is 5.91 Å². The first kappa shape index (κ1) is 17.1. The zero-order valence-electron chi connectivity index (χ0n) is 15.1. The Morgan fingerprint density at radius 3 is 2.92 bits per heavy atom. The SMILES string of the molecule is C[C@@H]1CCN(C(=O)COC(=O)c2n[nH]c3ccccc23)[C@@H]2CCCC[C@H]12. The molecule has 0 spiro atoms. The molecule has 0 radical (unpaired) electrons. The number of aromatic amines is 1. The second kappa shape index (κ2) is 7.09. The van der Waals surface area contributed by atoms with E-state index in [-0.39, 0.29) is 18.2 Å². The van der Waals surface area contributed by atoms with Crippen LogP contribution >= 0.6 is 0 Å². The number of aromatic nitrogens is 2. The lowest BCUT2D eigenvalue weighted by molar-refractivity contribution is -0.142. The summed E-state index contributed by atoms with van der Waals surface area (Å²) in [4.78, 5) is 27.0. The fourth-order valence-electron chi connectivity index (χ4n) is 4.62. The number of benzene rings is 1. The van der Waals surface area contributed by atoms with E-state index in [1.807, 2.05) is 29.2 Å². The summed E-state index contributed by atoms with van der Waals surface area (Å²) in [5.74, 6) is 0.623. The Hall–Kier alpha value is -2.37. The minimum absolute atomic E-state index is 0.0815. The molecule has 1 saturated carbocycles. The van der Waals surface area contributed by atoms with Crippen LogP contribution in [0.4, 0.5) is 0 Å². The summed E-state index contributed by atoms with van der Waals surface area (Å²) in [5, 5.41) is 7.56. The summed E-state index contributed by atoms with van der Waals surface area (Å²) < 4.78 is 5.30. The molecule has 1 aliphatic heterocycles. The van der Waals surface area contributed by atoms with Crippen molar-refractivity contribution < 1.29 is 14.3 Å². The van der Waals surface area contributed by atoms with E-state index in [9.17, 15) is 9.59 Å². The molecule has 0 unspecified atom stereocenters. The van der Waals surface area contributed by atoms with E-state index in [0.717, 1.165) is 24.9 Å². The molecule has 3 atom stereocenters. The van der Waals surface area contributed by atoms with Crippen LogP contribution < -0.4 is 0 Å². The average Bonchev–Trinajstić information content (AvgIpc) is 3.10. The number of piperidine rings is 1. The third-order valence-corrected chi connectivity index (χ3v) is 6.05. The van der Waals surface area contributed by atoms with Gasteiger partial charge in [0.05, 0.1) is 5.52 Å². The van der Waals surface area contributed by atoms with Crippen LogP contribution in [-0.4, -0.2) is 46.2 Å². The van der Waals surface area contributed by atoms with Gasteiger partial charge in [-0.25, -0.2) is 4.79 Å². The second-order valence-corrected chi connectivity index (χ2v) is 7.56. The lowest BCUT2D eigenvalue weighted by Crippen LogP contribution is -2.53. The van der Waals surface area contributed by atoms with Gasteiger partial charge in [-0.15, -0.1) is 0 Å². The summed E-state index contributed by atoms with van der Waals surface area (Å²) in [7, 11) is 0. The molecule has 26 heavy (non-hydrogen) atoms. The number of esters is 1. The maximum atomic E-state index is 12.7. The van der Waals surface area contributed by atoms with E-state index in [1.165, 1.54) is 19.3 Å². The van der Waals surface area contributed by atoms with Crippen molar-refractivity contribution in [3.05, 3.63) is 30.0 Å². The Kier molecular flexibility index (Phi) is 4.66. The molecule has 2 aromatic rings. The van der Waals surface area contributed by atoms with Crippen molar-refractivity contribution in [2.24, 2.45) is 11.8 Å². The average molecular weight is 355 g/mol. The number of carbonyl (C=O) groups is 2. The van der Waals surface area contributed by atoms with Crippen LogP contribution in [0.3, 0.4) is 0 Å². The fraction of sp³-hybridized carbons (Fsp3) is 0.550. The maximum Gasteiger partial charge on any atom is 0.359 e. The highest BCUT2D eigenvalue weighted by Crippen LogP contribution is 2.38. The van der Waals surface area contributed by atoms with Gasteiger partial charge in [-0.05, 0) is 37.2 Å². The fourth-order valence-corrected chi connectivity index (χ4v) is 4.62. The van der Waals surface area contributed by atoms with Crippen LogP contribution in [0.1, 0.15) is 49.5 Å². The van der Waals surface area contributed by atoms with Crippen molar-refractivity contribution in [1.82, 2.24) is 15.1 Å². The highest BCUT2D eigenvalue weighted by atomic mass is 16.5. The monoisotopic (exact) mass is 355 g/mol. The minimum atomic E-state index is -0.554. The second-order valence-electron chi connectivity index (χ2n) is 7.56. The number of amides is 1. The van der Waals surface area contributed by atoms with Crippen molar-refractivity contribution in [2.45, 2.75) is 45.1 Å². The summed E-state index contributed by atoms with van der Waals surface area (Å²) in [6.45, 7) is 2.86. The predicted octanol–water partition coefficient (Wildman–Crippen LogP) is 3.15. The molecule has 1 aromatic heterocycles. The van der Waals surface area contributed by atoms with Crippen molar-refractivity contribution >= 4 is 22.8 Å². The summed E-state index contributed by atoms with van der Waals surface area (Å²) >= 11 is 0. The van der Waals surface area contributed by atoms with Crippen LogP contribution in [-0.2, 0) is 9.53 Å². The number of fused-ring (bicyclic) bond motifs is 2. The van der Waals surface area contributed by atoms with Crippen LogP contribution in [0.15, 0.2) is 24.3 Å². The number of para-hydroxylation sites is 1. The molecule has 0 bridgehead atoms. The number of nitrogens with zero attached hydrogens (tertiary/aromatic N) is 2. The first-order chi connectivity index (χ1) is 12.6. The largest absolute Gasteiger partial charge is 0.451 e. The number of nitrogens with one attached hydrogen (secondary N) is 1. The van der Waals surface area contributed by atoms with Gasteiger partial charge in [-0.3, -0.25) is 9.89 Å². The zero-order chi connectivity index (χ0) is 18.1. The molecule has 6 heteroatoms. The molecule has 1 aliphatic carbocycles. The van der Waals surface area contributed by atoms with Gasteiger partial charge < -0.3 is 9.64 Å². The topological polar surface area (TPSA) is 75.3 Å². The number of hydrogen-bond donors (Lipinski definition) is 1. The number of H-pyrrole nitrogens is 1. The van der Waals surface area contributed by atoms with Crippen LogP contribution in [0, 0.1) is 11.8 Å². The standard InChI is InChI=1S/C20H25N3O3/c1-13-10-11-23(17-9-5-3-6-14(13)17)18(24)12-26-20(25)19-15-7-2-4-8-16(15)21-22-19/h2,4,7-8,13-14,17H,3,5-6,9-12H2,1H3,(H,21,22)/t13-,14-,17-/m1/s1. The maximum absolute atomic E-state index is 12.7. The smallest absolute Gasteiger partial charge is 0.359 e. The Morgan fingerprint density at radius 2 is 2.04 bits per heavy atom. The van der Waals surface area contributed by atoms with E-state index in [1.54, 1.807) is 0 Å². The third-order valence-electron chi connectivity index (χ3n) is 6.05. The Bertz CT molecular complexity index is 815. The summed E-state index contributed by atoms with van der Waals surface area (Å²) in [6.07, 6.45) is 5.74. The van der Waals surface area contributed by atoms with Crippen LogP contribution in [0.25, 0.3) is 10.9 Å². The Labute approximate surface area is 152 Å². The molecule has 2 aliphatic rings. The van der Waals surface area contributed by atoms with E-state index in [2.05, 4.69) is 17.1 Å². The summed E-state index contributed by atoms with van der Waals surface area (Å²) in [5.41, 5.74) is 1.01. The molecule has 2 fully saturated rings. The van der Waals surface area contributed by atoms with Gasteiger partial charge in [0.2, 0.25) is 0 Å². The molecule has 1 saturated heterocycles. The van der Waals surface area contributed by atoms with E-state index in [0.29, 0.717) is 23.3 Å². The van der Waals surface area contributed by atoms with Gasteiger partial charge in [-0.2, -0.15) is 5.10 Å². The minimum Gasteiger partial charge on any atom is -0.451 e. The molecule has 1 aromatic carbocycles. The highest BCUT2D eigenvalue weighted by molar-refractivity contribution is 6.02. The van der Waals surface area contributed by atoms with Crippen molar-refractivity contribution in [3.8, 4) is 0 Å². The van der Waals surface area contributed by atoms with Crippen molar-refractivity contribution in [3.63, 3.8) is 0 Å².